The lowest BCUT2D eigenvalue weighted by Gasteiger charge is -2.38. The maximum absolute atomic E-state index is 13.8. The van der Waals surface area contributed by atoms with Gasteiger partial charge in [-0.2, -0.15) is 5.26 Å². The highest BCUT2D eigenvalue weighted by Gasteiger charge is 2.40. The van der Waals surface area contributed by atoms with Crippen molar-refractivity contribution in [3.8, 4) is 6.07 Å². The van der Waals surface area contributed by atoms with Gasteiger partial charge in [-0.15, -0.1) is 0 Å². The lowest BCUT2D eigenvalue weighted by molar-refractivity contribution is 0.103. The molecule has 1 saturated heterocycles. The Morgan fingerprint density at radius 1 is 1.23 bits per heavy atom. The molecule has 3 aromatic rings. The number of nitrogens with zero attached hydrogens (tertiary/aromatic N) is 2. The number of carbonyl (C=O) groups excluding carboxylic acids is 1. The first-order valence-corrected chi connectivity index (χ1v) is 12.8. The van der Waals surface area contributed by atoms with Gasteiger partial charge in [0.15, 0.2) is 5.78 Å². The SMILES string of the molecule is CCc1cc2c(cc1N1CCC(NCCCO)CC1)C(C)(C)c1[nH]c3cc(C#N)ccc3c1C2=O. The second kappa shape index (κ2) is 9.14. The van der Waals surface area contributed by atoms with Gasteiger partial charge in [0.1, 0.15) is 0 Å². The first kappa shape index (κ1) is 23.6. The van der Waals surface area contributed by atoms with Crippen LogP contribution in [0.1, 0.15) is 78.3 Å². The minimum Gasteiger partial charge on any atom is -0.396 e. The van der Waals surface area contributed by atoms with Gasteiger partial charge < -0.3 is 20.3 Å². The lowest BCUT2D eigenvalue weighted by atomic mass is 9.70. The summed E-state index contributed by atoms with van der Waals surface area (Å²) in [5.74, 6) is 0.0679. The lowest BCUT2D eigenvalue weighted by Crippen LogP contribution is -2.43. The van der Waals surface area contributed by atoms with E-state index in [1.54, 1.807) is 6.07 Å². The number of ketones is 1. The van der Waals surface area contributed by atoms with E-state index < -0.39 is 0 Å². The summed E-state index contributed by atoms with van der Waals surface area (Å²) in [5.41, 5.74) is 7.07. The third-order valence-electron chi connectivity index (χ3n) is 7.90. The zero-order chi connectivity index (χ0) is 24.7. The maximum atomic E-state index is 13.8. The molecular formula is C29H34N4O2. The van der Waals surface area contributed by atoms with E-state index in [4.69, 9.17) is 5.11 Å². The summed E-state index contributed by atoms with van der Waals surface area (Å²) in [4.78, 5) is 19.8. The molecule has 6 heteroatoms. The normalized spacial score (nSPS) is 17.3. The molecule has 1 aromatic heterocycles. The number of fused-ring (bicyclic) bond motifs is 4. The Hall–Kier alpha value is -3.14. The average Bonchev–Trinajstić information content (AvgIpc) is 3.27. The van der Waals surface area contributed by atoms with Crippen LogP contribution in [0.25, 0.3) is 10.9 Å². The first-order chi connectivity index (χ1) is 16.9. The summed E-state index contributed by atoms with van der Waals surface area (Å²) in [5, 5.41) is 22.8. The number of hydrogen-bond acceptors (Lipinski definition) is 5. The van der Waals surface area contributed by atoms with Gasteiger partial charge in [0.2, 0.25) is 0 Å². The Kier molecular flexibility index (Phi) is 6.16. The van der Waals surface area contributed by atoms with E-state index in [0.717, 1.165) is 78.6 Å². The number of aliphatic hydroxyl groups excluding tert-OH is 1. The molecule has 3 N–H and O–H groups in total. The van der Waals surface area contributed by atoms with Crippen molar-refractivity contribution in [2.24, 2.45) is 0 Å². The first-order valence-electron chi connectivity index (χ1n) is 12.8. The van der Waals surface area contributed by atoms with Gasteiger partial charge in [0.05, 0.1) is 17.2 Å². The Balaban J connectivity index is 1.52. The van der Waals surface area contributed by atoms with Crippen molar-refractivity contribution < 1.29 is 9.90 Å². The Bertz CT molecular complexity index is 1320. The van der Waals surface area contributed by atoms with E-state index in [-0.39, 0.29) is 17.8 Å². The summed E-state index contributed by atoms with van der Waals surface area (Å²) in [6.45, 7) is 9.57. The van der Waals surface area contributed by atoms with Crippen LogP contribution in [0.3, 0.4) is 0 Å². The van der Waals surface area contributed by atoms with Gasteiger partial charge in [0.25, 0.3) is 0 Å². The van der Waals surface area contributed by atoms with Gasteiger partial charge >= 0.3 is 0 Å². The Labute approximate surface area is 206 Å². The summed E-state index contributed by atoms with van der Waals surface area (Å²) in [6.07, 6.45) is 3.81. The molecular weight excluding hydrogens is 436 g/mol. The predicted octanol–water partition coefficient (Wildman–Crippen LogP) is 4.41. The van der Waals surface area contributed by atoms with Gasteiger partial charge in [-0.25, -0.2) is 0 Å². The number of rotatable bonds is 6. The molecule has 0 bridgehead atoms. The van der Waals surface area contributed by atoms with Crippen LogP contribution >= 0.6 is 0 Å². The molecule has 0 spiro atoms. The number of aryl methyl sites for hydroxylation is 1. The molecule has 0 radical (unpaired) electrons. The number of carbonyl (C=O) groups is 1. The number of aromatic nitrogens is 1. The van der Waals surface area contributed by atoms with Crippen molar-refractivity contribution in [2.45, 2.75) is 57.9 Å². The van der Waals surface area contributed by atoms with Crippen molar-refractivity contribution in [3.05, 3.63) is 63.8 Å². The monoisotopic (exact) mass is 470 g/mol. The van der Waals surface area contributed by atoms with Crippen LogP contribution < -0.4 is 10.2 Å². The van der Waals surface area contributed by atoms with E-state index in [0.29, 0.717) is 11.6 Å². The van der Waals surface area contributed by atoms with E-state index in [1.165, 1.54) is 11.3 Å². The zero-order valence-electron chi connectivity index (χ0n) is 20.9. The molecule has 0 amide bonds. The maximum Gasteiger partial charge on any atom is 0.195 e. The second-order valence-electron chi connectivity index (χ2n) is 10.4. The molecule has 6 nitrogen and oxygen atoms in total. The van der Waals surface area contributed by atoms with Gasteiger partial charge in [0, 0.05) is 59.0 Å². The average molecular weight is 471 g/mol. The zero-order valence-corrected chi connectivity index (χ0v) is 20.9. The van der Waals surface area contributed by atoms with Gasteiger partial charge in [-0.1, -0.05) is 26.8 Å². The van der Waals surface area contributed by atoms with Crippen molar-refractivity contribution in [1.82, 2.24) is 10.3 Å². The van der Waals surface area contributed by atoms with Crippen LogP contribution in [0.4, 0.5) is 5.69 Å². The smallest absolute Gasteiger partial charge is 0.195 e. The summed E-state index contributed by atoms with van der Waals surface area (Å²) in [6, 6.07) is 12.6. The third kappa shape index (κ3) is 3.93. The summed E-state index contributed by atoms with van der Waals surface area (Å²) < 4.78 is 0. The van der Waals surface area contributed by atoms with Crippen molar-refractivity contribution in [3.63, 3.8) is 0 Å². The highest BCUT2D eigenvalue weighted by Crippen LogP contribution is 2.46. The van der Waals surface area contributed by atoms with Crippen LogP contribution in [0, 0.1) is 11.3 Å². The van der Waals surface area contributed by atoms with Crippen molar-refractivity contribution in [1.29, 1.82) is 5.26 Å². The molecule has 0 unspecified atom stereocenters. The molecule has 2 aliphatic rings. The number of hydrogen-bond donors (Lipinski definition) is 3. The Morgan fingerprint density at radius 3 is 2.69 bits per heavy atom. The van der Waals surface area contributed by atoms with Gasteiger partial charge in [-0.3, -0.25) is 4.79 Å². The third-order valence-corrected chi connectivity index (χ3v) is 7.90. The predicted molar refractivity (Wildman–Crippen MR) is 139 cm³/mol. The number of piperidine rings is 1. The standard InChI is InChI=1S/C29H34N4O2/c1-4-19-15-22-23(16-25(19)33-11-8-20(9-12-33)31-10-5-13-34)29(2,3)28-26(27(22)35)21-7-6-18(17-30)14-24(21)32-28/h6-7,14-16,20,31-32,34H,4-5,8-13H2,1-3H3. The molecule has 2 heterocycles. The molecule has 182 valence electrons. The largest absolute Gasteiger partial charge is 0.396 e. The van der Waals surface area contributed by atoms with Crippen LogP contribution in [-0.4, -0.2) is 48.2 Å². The van der Waals surface area contributed by atoms with Crippen molar-refractivity contribution >= 4 is 22.4 Å². The second-order valence-corrected chi connectivity index (χ2v) is 10.4. The van der Waals surface area contributed by atoms with Crippen molar-refractivity contribution in [2.75, 3.05) is 31.1 Å². The van der Waals surface area contributed by atoms with Crippen LogP contribution in [0.5, 0.6) is 0 Å². The molecule has 0 saturated carbocycles. The minimum atomic E-state index is -0.365. The summed E-state index contributed by atoms with van der Waals surface area (Å²) >= 11 is 0. The number of aliphatic hydroxyl groups is 1. The molecule has 1 fully saturated rings. The molecule has 0 atom stereocenters. The number of aromatic amines is 1. The fourth-order valence-electron chi connectivity index (χ4n) is 5.87. The van der Waals surface area contributed by atoms with Crippen LogP contribution in [0.2, 0.25) is 0 Å². The topological polar surface area (TPSA) is 92.2 Å². The Morgan fingerprint density at radius 2 is 2.00 bits per heavy atom. The van der Waals surface area contributed by atoms with Crippen LogP contribution in [0.15, 0.2) is 30.3 Å². The quantitative estimate of drug-likeness (QED) is 0.464. The highest BCUT2D eigenvalue weighted by molar-refractivity contribution is 6.20. The molecule has 2 aromatic carbocycles. The van der Waals surface area contributed by atoms with Gasteiger partial charge in [-0.05, 0) is 67.6 Å². The molecule has 1 aliphatic heterocycles. The highest BCUT2D eigenvalue weighted by atomic mass is 16.3. The molecule has 1 aliphatic carbocycles. The fourth-order valence-corrected chi connectivity index (χ4v) is 5.87. The number of benzene rings is 2. The summed E-state index contributed by atoms with van der Waals surface area (Å²) in [7, 11) is 0. The van der Waals surface area contributed by atoms with E-state index in [1.807, 2.05) is 12.1 Å². The number of H-pyrrole nitrogens is 1. The fraction of sp³-hybridized carbons (Fsp3) is 0.448. The van der Waals surface area contributed by atoms with E-state index >= 15 is 0 Å². The minimum absolute atomic E-state index is 0.0679. The van der Waals surface area contributed by atoms with E-state index in [9.17, 15) is 10.1 Å². The number of nitrogens with one attached hydrogen (secondary N) is 2. The number of nitriles is 1. The van der Waals surface area contributed by atoms with Crippen LogP contribution in [-0.2, 0) is 11.8 Å². The molecule has 5 rings (SSSR count). The molecule has 35 heavy (non-hydrogen) atoms. The number of anilines is 1. The van der Waals surface area contributed by atoms with E-state index in [2.05, 4.69) is 54.2 Å².